The predicted molar refractivity (Wildman–Crippen MR) is 102 cm³/mol. The number of piperidine rings is 1. The van der Waals surface area contributed by atoms with Gasteiger partial charge in [-0.25, -0.2) is 0 Å². The Morgan fingerprint density at radius 1 is 1.26 bits per heavy atom. The molecular weight excluding hydrogens is 346 g/mol. The van der Waals surface area contributed by atoms with Crippen molar-refractivity contribution in [3.8, 4) is 0 Å². The number of carbonyl (C=O) groups excluding carboxylic acids is 3. The molecule has 2 N–H and O–H groups in total. The molecule has 146 valence electrons. The summed E-state index contributed by atoms with van der Waals surface area (Å²) in [5, 5.41) is 5.64. The van der Waals surface area contributed by atoms with Crippen LogP contribution in [0, 0.1) is 5.92 Å². The maximum atomic E-state index is 12.6. The van der Waals surface area contributed by atoms with Crippen LogP contribution in [0.3, 0.4) is 0 Å². The highest BCUT2D eigenvalue weighted by atomic mass is 16.5. The first-order valence-electron chi connectivity index (χ1n) is 9.08. The number of hydrogen-bond donors (Lipinski definition) is 2. The van der Waals surface area contributed by atoms with Gasteiger partial charge in [-0.15, -0.1) is 6.58 Å². The number of amides is 3. The minimum Gasteiger partial charge on any atom is -0.375 e. The van der Waals surface area contributed by atoms with Gasteiger partial charge in [0.15, 0.2) is 0 Å². The van der Waals surface area contributed by atoms with E-state index >= 15 is 0 Å². The Bertz CT molecular complexity index is 654. The van der Waals surface area contributed by atoms with Gasteiger partial charge in [-0.2, -0.15) is 0 Å². The summed E-state index contributed by atoms with van der Waals surface area (Å²) in [5.41, 5.74) is 0.506. The fourth-order valence-corrected chi connectivity index (χ4v) is 3.19. The first-order chi connectivity index (χ1) is 13.1. The van der Waals surface area contributed by atoms with Crippen molar-refractivity contribution in [2.24, 2.45) is 5.92 Å². The predicted octanol–water partition coefficient (Wildman–Crippen LogP) is 0.972. The van der Waals surface area contributed by atoms with E-state index in [0.717, 1.165) is 0 Å². The van der Waals surface area contributed by atoms with Crippen molar-refractivity contribution in [1.82, 2.24) is 15.5 Å². The summed E-state index contributed by atoms with van der Waals surface area (Å²) >= 11 is 0. The minimum atomic E-state index is -0.655. The molecule has 1 aliphatic heterocycles. The molecule has 0 saturated carbocycles. The first-order valence-corrected chi connectivity index (χ1v) is 9.08. The van der Waals surface area contributed by atoms with E-state index in [1.165, 1.54) is 7.11 Å². The Kier molecular flexibility index (Phi) is 8.00. The summed E-state index contributed by atoms with van der Waals surface area (Å²) in [6.07, 6.45) is 2.87. The van der Waals surface area contributed by atoms with Crippen LogP contribution >= 0.6 is 0 Å². The van der Waals surface area contributed by atoms with Crippen LogP contribution in [0.4, 0.5) is 0 Å². The van der Waals surface area contributed by atoms with Gasteiger partial charge in [0, 0.05) is 32.3 Å². The van der Waals surface area contributed by atoms with Gasteiger partial charge in [0.05, 0.1) is 0 Å². The summed E-state index contributed by atoms with van der Waals surface area (Å²) in [7, 11) is 1.49. The Hall–Kier alpha value is -2.67. The molecule has 1 aliphatic rings. The molecule has 7 nitrogen and oxygen atoms in total. The third-order valence-corrected chi connectivity index (χ3v) is 4.66. The van der Waals surface area contributed by atoms with Crippen LogP contribution in [0.15, 0.2) is 43.0 Å². The Morgan fingerprint density at radius 3 is 2.52 bits per heavy atom. The van der Waals surface area contributed by atoms with Gasteiger partial charge in [-0.1, -0.05) is 24.3 Å². The van der Waals surface area contributed by atoms with Crippen LogP contribution in [0.1, 0.15) is 23.2 Å². The van der Waals surface area contributed by atoms with E-state index in [4.69, 9.17) is 4.74 Å². The van der Waals surface area contributed by atoms with Crippen molar-refractivity contribution in [2.75, 3.05) is 33.4 Å². The zero-order valence-electron chi connectivity index (χ0n) is 15.6. The molecule has 3 amide bonds. The van der Waals surface area contributed by atoms with Crippen molar-refractivity contribution in [1.29, 1.82) is 0 Å². The fourth-order valence-electron chi connectivity index (χ4n) is 3.19. The van der Waals surface area contributed by atoms with Crippen molar-refractivity contribution in [3.05, 3.63) is 48.6 Å². The normalized spacial score (nSPS) is 15.7. The lowest BCUT2D eigenvalue weighted by Gasteiger charge is -2.35. The fraction of sp³-hybridized carbons (Fsp3) is 0.450. The van der Waals surface area contributed by atoms with Crippen LogP contribution in [-0.4, -0.2) is 62.0 Å². The molecular formula is C20H27N3O4. The van der Waals surface area contributed by atoms with Gasteiger partial charge >= 0.3 is 0 Å². The summed E-state index contributed by atoms with van der Waals surface area (Å²) in [4.78, 5) is 38.8. The molecule has 1 aromatic carbocycles. The van der Waals surface area contributed by atoms with Crippen molar-refractivity contribution in [2.45, 2.75) is 18.9 Å². The van der Waals surface area contributed by atoms with E-state index in [0.29, 0.717) is 38.0 Å². The van der Waals surface area contributed by atoms with E-state index < -0.39 is 6.04 Å². The highest BCUT2D eigenvalue weighted by molar-refractivity contribution is 5.97. The van der Waals surface area contributed by atoms with Crippen LogP contribution in [0.5, 0.6) is 0 Å². The summed E-state index contributed by atoms with van der Waals surface area (Å²) < 4.78 is 4.89. The largest absolute Gasteiger partial charge is 0.375 e. The second kappa shape index (κ2) is 10.5. The molecule has 0 bridgehead atoms. The van der Waals surface area contributed by atoms with E-state index in [1.54, 1.807) is 35.2 Å². The van der Waals surface area contributed by atoms with E-state index in [1.807, 2.05) is 6.07 Å². The van der Waals surface area contributed by atoms with Crippen LogP contribution < -0.4 is 10.6 Å². The first kappa shape index (κ1) is 20.6. The zero-order chi connectivity index (χ0) is 19.6. The monoisotopic (exact) mass is 373 g/mol. The van der Waals surface area contributed by atoms with Crippen LogP contribution in [-0.2, 0) is 14.3 Å². The molecule has 27 heavy (non-hydrogen) atoms. The highest BCUT2D eigenvalue weighted by Gasteiger charge is 2.33. The molecule has 0 radical (unpaired) electrons. The standard InChI is InChI=1S/C20H27N3O4/c1-3-11-21-20(26)18(22-19(25)16-7-5-4-6-8-16)15-9-12-23(13-10-15)17(24)14-27-2/h3-8,15,18H,1,9-14H2,2H3,(H,21,26)(H,22,25). The average molecular weight is 373 g/mol. The lowest BCUT2D eigenvalue weighted by atomic mass is 9.88. The highest BCUT2D eigenvalue weighted by Crippen LogP contribution is 2.21. The van der Waals surface area contributed by atoms with Gasteiger partial charge in [0.2, 0.25) is 11.8 Å². The summed E-state index contributed by atoms with van der Waals surface area (Å²) in [6, 6.07) is 8.15. The number of ether oxygens (including phenoxy) is 1. The van der Waals surface area contributed by atoms with Gasteiger partial charge < -0.3 is 20.3 Å². The Balaban J connectivity index is 2.04. The number of hydrogen-bond acceptors (Lipinski definition) is 4. The number of likely N-dealkylation sites (tertiary alicyclic amines) is 1. The number of carbonyl (C=O) groups is 3. The molecule has 0 spiro atoms. The number of nitrogens with zero attached hydrogens (tertiary/aromatic N) is 1. The topological polar surface area (TPSA) is 87.7 Å². The number of methoxy groups -OCH3 is 1. The maximum absolute atomic E-state index is 12.6. The van der Waals surface area contributed by atoms with Gasteiger partial charge in [-0.3, -0.25) is 14.4 Å². The van der Waals surface area contributed by atoms with Gasteiger partial charge in [0.25, 0.3) is 5.91 Å². The molecule has 1 atom stereocenters. The Labute approximate surface area is 159 Å². The van der Waals surface area contributed by atoms with Gasteiger partial charge in [-0.05, 0) is 30.9 Å². The molecule has 0 aliphatic carbocycles. The molecule has 1 unspecified atom stereocenters. The lowest BCUT2D eigenvalue weighted by molar-refractivity contribution is -0.136. The third-order valence-electron chi connectivity index (χ3n) is 4.66. The second-order valence-corrected chi connectivity index (χ2v) is 6.50. The minimum absolute atomic E-state index is 0.0472. The van der Waals surface area contributed by atoms with Gasteiger partial charge in [0.1, 0.15) is 12.6 Å². The smallest absolute Gasteiger partial charge is 0.251 e. The zero-order valence-corrected chi connectivity index (χ0v) is 15.6. The van der Waals surface area contributed by atoms with Crippen LogP contribution in [0.2, 0.25) is 0 Å². The molecule has 2 rings (SSSR count). The molecule has 1 fully saturated rings. The van der Waals surface area contributed by atoms with Crippen LogP contribution in [0.25, 0.3) is 0 Å². The van der Waals surface area contributed by atoms with Crippen molar-refractivity contribution < 1.29 is 19.1 Å². The number of nitrogens with one attached hydrogen (secondary N) is 2. The molecule has 0 aromatic heterocycles. The quantitative estimate of drug-likeness (QED) is 0.665. The maximum Gasteiger partial charge on any atom is 0.251 e. The van der Waals surface area contributed by atoms with Crippen molar-refractivity contribution in [3.63, 3.8) is 0 Å². The van der Waals surface area contributed by atoms with E-state index in [2.05, 4.69) is 17.2 Å². The molecule has 7 heteroatoms. The molecule has 1 saturated heterocycles. The lowest BCUT2D eigenvalue weighted by Crippen LogP contribution is -2.54. The SMILES string of the molecule is C=CCNC(=O)C(NC(=O)c1ccccc1)C1CCN(C(=O)COC)CC1. The summed E-state index contributed by atoms with van der Waals surface area (Å²) in [6.45, 7) is 5.07. The molecule has 1 heterocycles. The Morgan fingerprint density at radius 2 is 1.93 bits per heavy atom. The number of benzene rings is 1. The number of rotatable bonds is 8. The van der Waals surface area contributed by atoms with Crippen molar-refractivity contribution >= 4 is 17.7 Å². The molecule has 1 aromatic rings. The van der Waals surface area contributed by atoms with E-state index in [9.17, 15) is 14.4 Å². The van der Waals surface area contributed by atoms with E-state index in [-0.39, 0.29) is 30.2 Å². The summed E-state index contributed by atoms with van der Waals surface area (Å²) in [5.74, 6) is -0.626. The second-order valence-electron chi connectivity index (χ2n) is 6.50. The third kappa shape index (κ3) is 5.92. The average Bonchev–Trinajstić information content (AvgIpc) is 2.71.